The SMILES string of the molecule is Cc1ccc(S(=O)(=O)N(CC(=O)N(Cc2ccccc2F)C(Cc2ccccc2)C(=O)NC2CCCCC2)c2ccc(C)cc2C)cc1. The molecular weight excluding hydrogens is 626 g/mol. The molecule has 1 aliphatic rings. The Labute approximate surface area is 283 Å². The van der Waals surface area contributed by atoms with Gasteiger partial charge < -0.3 is 10.2 Å². The second-order valence-electron chi connectivity index (χ2n) is 12.8. The lowest BCUT2D eigenvalue weighted by molar-refractivity contribution is -0.140. The van der Waals surface area contributed by atoms with Crippen LogP contribution in [0.1, 0.15) is 59.9 Å². The van der Waals surface area contributed by atoms with E-state index >= 15 is 4.39 Å². The Balaban J connectivity index is 1.59. The van der Waals surface area contributed by atoms with E-state index in [1.165, 1.54) is 23.1 Å². The minimum atomic E-state index is -4.23. The monoisotopic (exact) mass is 669 g/mol. The van der Waals surface area contributed by atoms with Crippen molar-refractivity contribution in [2.45, 2.75) is 82.8 Å². The number of benzene rings is 4. The predicted molar refractivity (Wildman–Crippen MR) is 188 cm³/mol. The standard InChI is InChI=1S/C39H44FN3O4S/c1-28-18-21-34(22-19-28)48(46,47)43(36-23-20-29(2)24-30(36)3)27-38(44)42(26-32-14-10-11-17-35(32)40)37(25-31-12-6-4-7-13-31)39(45)41-33-15-8-5-9-16-33/h4,6-7,10-14,17-24,33,37H,5,8-9,15-16,25-27H2,1-3H3,(H,41,45). The molecule has 1 fully saturated rings. The Morgan fingerprint density at radius 3 is 2.15 bits per heavy atom. The first kappa shape index (κ1) is 34.8. The highest BCUT2D eigenvalue weighted by atomic mass is 32.2. The van der Waals surface area contributed by atoms with Gasteiger partial charge in [0, 0.05) is 24.6 Å². The summed E-state index contributed by atoms with van der Waals surface area (Å²) >= 11 is 0. The van der Waals surface area contributed by atoms with Crippen molar-refractivity contribution in [1.82, 2.24) is 10.2 Å². The summed E-state index contributed by atoms with van der Waals surface area (Å²) in [4.78, 5) is 30.3. The summed E-state index contributed by atoms with van der Waals surface area (Å²) < 4.78 is 45.0. The molecular formula is C39H44FN3O4S. The van der Waals surface area contributed by atoms with E-state index < -0.39 is 34.3 Å². The van der Waals surface area contributed by atoms with Crippen molar-refractivity contribution in [3.63, 3.8) is 0 Å². The Morgan fingerprint density at radius 1 is 0.833 bits per heavy atom. The zero-order valence-corrected chi connectivity index (χ0v) is 28.7. The van der Waals surface area contributed by atoms with Gasteiger partial charge in [-0.05, 0) is 69.0 Å². The summed E-state index contributed by atoms with van der Waals surface area (Å²) in [7, 11) is -4.23. The van der Waals surface area contributed by atoms with Crippen LogP contribution in [-0.4, -0.2) is 43.8 Å². The first-order valence-corrected chi connectivity index (χ1v) is 18.0. The van der Waals surface area contributed by atoms with Gasteiger partial charge in [0.05, 0.1) is 10.6 Å². The van der Waals surface area contributed by atoms with Gasteiger partial charge in [0.1, 0.15) is 18.4 Å². The molecule has 1 saturated carbocycles. The van der Waals surface area contributed by atoms with E-state index in [2.05, 4.69) is 5.32 Å². The third kappa shape index (κ3) is 8.50. The minimum absolute atomic E-state index is 0.0245. The fraction of sp³-hybridized carbons (Fsp3) is 0.333. The van der Waals surface area contributed by atoms with Gasteiger partial charge in [-0.2, -0.15) is 0 Å². The number of aryl methyl sites for hydroxylation is 3. The van der Waals surface area contributed by atoms with Crippen LogP contribution in [0.5, 0.6) is 0 Å². The molecule has 1 N–H and O–H groups in total. The molecule has 2 amide bonds. The fourth-order valence-corrected chi connectivity index (χ4v) is 7.82. The molecule has 7 nitrogen and oxygen atoms in total. The van der Waals surface area contributed by atoms with Crippen LogP contribution in [0.15, 0.2) is 102 Å². The number of carbonyl (C=O) groups excluding carboxylic acids is 2. The van der Waals surface area contributed by atoms with Gasteiger partial charge in [0.25, 0.3) is 10.0 Å². The maximum absolute atomic E-state index is 15.2. The zero-order valence-electron chi connectivity index (χ0n) is 27.9. The van der Waals surface area contributed by atoms with Crippen molar-refractivity contribution in [2.75, 3.05) is 10.8 Å². The van der Waals surface area contributed by atoms with E-state index in [9.17, 15) is 18.0 Å². The molecule has 0 aliphatic heterocycles. The molecule has 1 aliphatic carbocycles. The highest BCUT2D eigenvalue weighted by Crippen LogP contribution is 2.29. The van der Waals surface area contributed by atoms with Crippen LogP contribution in [0.4, 0.5) is 10.1 Å². The molecule has 0 saturated heterocycles. The normalized spacial score (nSPS) is 14.2. The molecule has 1 unspecified atom stereocenters. The van der Waals surface area contributed by atoms with Crippen LogP contribution < -0.4 is 9.62 Å². The van der Waals surface area contributed by atoms with Crippen LogP contribution in [0.2, 0.25) is 0 Å². The maximum atomic E-state index is 15.2. The number of sulfonamides is 1. The van der Waals surface area contributed by atoms with E-state index in [1.54, 1.807) is 49.4 Å². The third-order valence-corrected chi connectivity index (χ3v) is 10.8. The average Bonchev–Trinajstić information content (AvgIpc) is 3.07. The van der Waals surface area contributed by atoms with Crippen molar-refractivity contribution in [2.24, 2.45) is 0 Å². The topological polar surface area (TPSA) is 86.8 Å². The van der Waals surface area contributed by atoms with Gasteiger partial charge in [0.15, 0.2) is 0 Å². The van der Waals surface area contributed by atoms with Gasteiger partial charge in [0.2, 0.25) is 11.8 Å². The summed E-state index contributed by atoms with van der Waals surface area (Å²) in [5.74, 6) is -1.47. The number of anilines is 1. The minimum Gasteiger partial charge on any atom is -0.352 e. The molecule has 5 rings (SSSR count). The van der Waals surface area contributed by atoms with E-state index in [1.807, 2.05) is 50.2 Å². The molecule has 0 aromatic heterocycles. The van der Waals surface area contributed by atoms with E-state index in [4.69, 9.17) is 0 Å². The van der Waals surface area contributed by atoms with Crippen molar-refractivity contribution in [3.05, 3.63) is 131 Å². The molecule has 9 heteroatoms. The average molecular weight is 670 g/mol. The number of nitrogens with zero attached hydrogens (tertiary/aromatic N) is 2. The quantitative estimate of drug-likeness (QED) is 0.176. The summed E-state index contributed by atoms with van der Waals surface area (Å²) in [5, 5.41) is 3.18. The van der Waals surface area contributed by atoms with Gasteiger partial charge >= 0.3 is 0 Å². The Bertz CT molecular complexity index is 1820. The number of halogens is 1. The van der Waals surface area contributed by atoms with Crippen LogP contribution in [0.3, 0.4) is 0 Å². The van der Waals surface area contributed by atoms with E-state index in [0.717, 1.165) is 53.1 Å². The van der Waals surface area contributed by atoms with Crippen molar-refractivity contribution < 1.29 is 22.4 Å². The second kappa shape index (κ2) is 15.6. The predicted octanol–water partition coefficient (Wildman–Crippen LogP) is 7.04. The zero-order chi connectivity index (χ0) is 34.3. The molecule has 4 aromatic carbocycles. The highest BCUT2D eigenvalue weighted by molar-refractivity contribution is 7.92. The van der Waals surface area contributed by atoms with Gasteiger partial charge in [-0.3, -0.25) is 13.9 Å². The number of hydrogen-bond acceptors (Lipinski definition) is 4. The number of amides is 2. The third-order valence-electron chi connectivity index (χ3n) is 9.03. The summed E-state index contributed by atoms with van der Waals surface area (Å²) in [6.45, 7) is 4.78. The molecule has 252 valence electrons. The number of nitrogens with one attached hydrogen (secondary N) is 1. The largest absolute Gasteiger partial charge is 0.352 e. The lowest BCUT2D eigenvalue weighted by Gasteiger charge is -2.35. The molecule has 0 heterocycles. The first-order valence-electron chi connectivity index (χ1n) is 16.6. The van der Waals surface area contributed by atoms with Crippen molar-refractivity contribution >= 4 is 27.5 Å². The van der Waals surface area contributed by atoms with Crippen LogP contribution in [0.25, 0.3) is 0 Å². The Morgan fingerprint density at radius 2 is 1.48 bits per heavy atom. The molecule has 0 bridgehead atoms. The molecule has 48 heavy (non-hydrogen) atoms. The second-order valence-corrected chi connectivity index (χ2v) is 14.6. The fourth-order valence-electron chi connectivity index (χ4n) is 6.34. The summed E-state index contributed by atoms with van der Waals surface area (Å²) in [6, 6.07) is 26.3. The first-order chi connectivity index (χ1) is 23.0. The van der Waals surface area contributed by atoms with E-state index in [0.29, 0.717) is 11.3 Å². The maximum Gasteiger partial charge on any atom is 0.264 e. The van der Waals surface area contributed by atoms with Crippen molar-refractivity contribution in [3.8, 4) is 0 Å². The van der Waals surface area contributed by atoms with E-state index in [-0.39, 0.29) is 35.4 Å². The molecule has 0 spiro atoms. The Kier molecular flexibility index (Phi) is 11.3. The lowest BCUT2D eigenvalue weighted by Crippen LogP contribution is -2.55. The Hall–Kier alpha value is -4.50. The molecule has 0 radical (unpaired) electrons. The lowest BCUT2D eigenvalue weighted by atomic mass is 9.94. The van der Waals surface area contributed by atoms with Crippen LogP contribution >= 0.6 is 0 Å². The van der Waals surface area contributed by atoms with Crippen molar-refractivity contribution in [1.29, 1.82) is 0 Å². The number of hydrogen-bond donors (Lipinski definition) is 1. The van der Waals surface area contributed by atoms with Gasteiger partial charge in [-0.1, -0.05) is 103 Å². The molecule has 4 aromatic rings. The van der Waals surface area contributed by atoms with Gasteiger partial charge in [-0.25, -0.2) is 12.8 Å². The summed E-state index contributed by atoms with van der Waals surface area (Å²) in [5.41, 5.74) is 3.92. The number of rotatable bonds is 12. The summed E-state index contributed by atoms with van der Waals surface area (Å²) in [6.07, 6.45) is 5.00. The smallest absolute Gasteiger partial charge is 0.264 e. The highest BCUT2D eigenvalue weighted by Gasteiger charge is 2.36. The van der Waals surface area contributed by atoms with Crippen LogP contribution in [-0.2, 0) is 32.6 Å². The number of carbonyl (C=O) groups is 2. The molecule has 1 atom stereocenters. The van der Waals surface area contributed by atoms with Crippen LogP contribution in [0, 0.1) is 26.6 Å². The van der Waals surface area contributed by atoms with Gasteiger partial charge in [-0.15, -0.1) is 0 Å².